The van der Waals surface area contributed by atoms with Gasteiger partial charge in [-0.3, -0.25) is 9.89 Å². The first-order valence-electron chi connectivity index (χ1n) is 5.65. The van der Waals surface area contributed by atoms with E-state index in [0.29, 0.717) is 17.9 Å². The molecule has 3 N–H and O–H groups in total. The number of hydrogen-bond donors (Lipinski definition) is 3. The standard InChI is InChI=1S/C12H14N4O2/c1-2-10-14-11(16-15-10)12(18)13-9-5-3-8(7-17)4-6-9/h3-6,17H,2,7H2,1H3,(H,13,18)(H,14,15,16). The summed E-state index contributed by atoms with van der Waals surface area (Å²) in [7, 11) is 0. The Morgan fingerprint density at radius 1 is 1.39 bits per heavy atom. The molecule has 1 amide bonds. The summed E-state index contributed by atoms with van der Waals surface area (Å²) in [5.41, 5.74) is 1.43. The topological polar surface area (TPSA) is 90.9 Å². The highest BCUT2D eigenvalue weighted by Gasteiger charge is 2.11. The SMILES string of the molecule is CCc1nc(C(=O)Nc2ccc(CO)cc2)n[nH]1. The van der Waals surface area contributed by atoms with Gasteiger partial charge in [-0.05, 0) is 17.7 Å². The average molecular weight is 246 g/mol. The smallest absolute Gasteiger partial charge is 0.295 e. The Bertz CT molecular complexity index is 533. The van der Waals surface area contributed by atoms with Crippen LogP contribution >= 0.6 is 0 Å². The Morgan fingerprint density at radius 3 is 2.67 bits per heavy atom. The number of aromatic nitrogens is 3. The summed E-state index contributed by atoms with van der Waals surface area (Å²) < 4.78 is 0. The fraction of sp³-hybridized carbons (Fsp3) is 0.250. The van der Waals surface area contributed by atoms with E-state index in [0.717, 1.165) is 5.56 Å². The Morgan fingerprint density at radius 2 is 2.11 bits per heavy atom. The number of rotatable bonds is 4. The molecule has 0 aliphatic carbocycles. The number of aliphatic hydroxyl groups is 1. The van der Waals surface area contributed by atoms with Crippen LogP contribution in [-0.4, -0.2) is 26.2 Å². The predicted octanol–water partition coefficient (Wildman–Crippen LogP) is 1.11. The van der Waals surface area contributed by atoms with Crippen LogP contribution in [0.2, 0.25) is 0 Å². The fourth-order valence-electron chi connectivity index (χ4n) is 1.44. The number of aryl methyl sites for hydroxylation is 1. The molecular formula is C12H14N4O2. The quantitative estimate of drug-likeness (QED) is 0.753. The van der Waals surface area contributed by atoms with Crippen LogP contribution in [-0.2, 0) is 13.0 Å². The number of carbonyl (C=O) groups is 1. The monoisotopic (exact) mass is 246 g/mol. The van der Waals surface area contributed by atoms with Gasteiger partial charge >= 0.3 is 0 Å². The summed E-state index contributed by atoms with van der Waals surface area (Å²) in [5.74, 6) is 0.441. The molecule has 18 heavy (non-hydrogen) atoms. The Hall–Kier alpha value is -2.21. The number of H-pyrrole nitrogens is 1. The molecule has 1 aromatic heterocycles. The molecule has 2 aromatic rings. The number of anilines is 1. The zero-order valence-electron chi connectivity index (χ0n) is 9.97. The number of hydrogen-bond acceptors (Lipinski definition) is 4. The van der Waals surface area contributed by atoms with Gasteiger partial charge in [-0.25, -0.2) is 4.98 Å². The van der Waals surface area contributed by atoms with E-state index in [4.69, 9.17) is 5.11 Å². The number of benzene rings is 1. The molecule has 0 saturated heterocycles. The van der Waals surface area contributed by atoms with E-state index in [1.165, 1.54) is 0 Å². The third-order valence-electron chi connectivity index (χ3n) is 2.46. The Kier molecular flexibility index (Phi) is 3.69. The summed E-state index contributed by atoms with van der Waals surface area (Å²) in [6.45, 7) is 1.91. The molecule has 94 valence electrons. The normalized spacial score (nSPS) is 10.3. The average Bonchev–Trinajstić information content (AvgIpc) is 2.88. The molecule has 0 aliphatic rings. The van der Waals surface area contributed by atoms with Crippen LogP contribution in [0.15, 0.2) is 24.3 Å². The van der Waals surface area contributed by atoms with Crippen molar-refractivity contribution in [1.29, 1.82) is 0 Å². The van der Waals surface area contributed by atoms with Crippen molar-refractivity contribution in [1.82, 2.24) is 15.2 Å². The lowest BCUT2D eigenvalue weighted by molar-refractivity contribution is 0.101. The van der Waals surface area contributed by atoms with Gasteiger partial charge in [0.15, 0.2) is 0 Å². The molecule has 1 heterocycles. The first-order chi connectivity index (χ1) is 8.72. The molecule has 0 atom stereocenters. The molecule has 0 spiro atoms. The molecule has 0 bridgehead atoms. The van der Waals surface area contributed by atoms with Gasteiger partial charge in [0, 0.05) is 12.1 Å². The summed E-state index contributed by atoms with van der Waals surface area (Å²) in [5, 5.41) is 18.1. The van der Waals surface area contributed by atoms with Gasteiger partial charge in [0.05, 0.1) is 6.61 Å². The molecule has 6 nitrogen and oxygen atoms in total. The number of aromatic amines is 1. The van der Waals surface area contributed by atoms with E-state index in [1.54, 1.807) is 24.3 Å². The van der Waals surface area contributed by atoms with Crippen molar-refractivity contribution in [2.24, 2.45) is 0 Å². The van der Waals surface area contributed by atoms with E-state index < -0.39 is 0 Å². The molecule has 0 aliphatic heterocycles. The van der Waals surface area contributed by atoms with Crippen molar-refractivity contribution in [3.05, 3.63) is 41.5 Å². The first-order valence-corrected chi connectivity index (χ1v) is 5.65. The van der Waals surface area contributed by atoms with E-state index in [-0.39, 0.29) is 18.3 Å². The van der Waals surface area contributed by atoms with E-state index in [9.17, 15) is 4.79 Å². The minimum atomic E-state index is -0.359. The Balaban J connectivity index is 2.06. The second kappa shape index (κ2) is 5.42. The minimum Gasteiger partial charge on any atom is -0.392 e. The first kappa shape index (κ1) is 12.3. The zero-order chi connectivity index (χ0) is 13.0. The maximum Gasteiger partial charge on any atom is 0.295 e. The second-order valence-corrected chi connectivity index (χ2v) is 3.77. The van der Waals surface area contributed by atoms with Gasteiger partial charge in [-0.2, -0.15) is 0 Å². The highest BCUT2D eigenvalue weighted by Crippen LogP contribution is 2.10. The summed E-state index contributed by atoms with van der Waals surface area (Å²) >= 11 is 0. The number of carbonyl (C=O) groups excluding carboxylic acids is 1. The van der Waals surface area contributed by atoms with Crippen molar-refractivity contribution >= 4 is 11.6 Å². The second-order valence-electron chi connectivity index (χ2n) is 3.77. The van der Waals surface area contributed by atoms with Crippen LogP contribution in [0.5, 0.6) is 0 Å². The van der Waals surface area contributed by atoms with Crippen LogP contribution in [0.25, 0.3) is 0 Å². The van der Waals surface area contributed by atoms with Crippen molar-refractivity contribution in [3.63, 3.8) is 0 Å². The molecule has 0 unspecified atom stereocenters. The largest absolute Gasteiger partial charge is 0.392 e. The highest BCUT2D eigenvalue weighted by molar-refractivity contribution is 6.01. The summed E-state index contributed by atoms with van der Waals surface area (Å²) in [4.78, 5) is 15.8. The number of aliphatic hydroxyl groups excluding tert-OH is 1. The van der Waals surface area contributed by atoms with Crippen molar-refractivity contribution in [2.75, 3.05) is 5.32 Å². The van der Waals surface area contributed by atoms with Gasteiger partial charge in [0.1, 0.15) is 5.82 Å². The molecule has 0 radical (unpaired) electrons. The molecule has 0 saturated carbocycles. The number of amides is 1. The van der Waals surface area contributed by atoms with Crippen LogP contribution in [0.1, 0.15) is 28.9 Å². The Labute approximate surface area is 104 Å². The van der Waals surface area contributed by atoms with E-state index in [1.807, 2.05) is 6.92 Å². The molecule has 1 aromatic carbocycles. The molecule has 0 fully saturated rings. The molecule has 6 heteroatoms. The lowest BCUT2D eigenvalue weighted by Crippen LogP contribution is -2.13. The minimum absolute atomic E-state index is 0.0188. The van der Waals surface area contributed by atoms with Crippen LogP contribution < -0.4 is 5.32 Å². The summed E-state index contributed by atoms with van der Waals surface area (Å²) in [6, 6.07) is 6.92. The summed E-state index contributed by atoms with van der Waals surface area (Å²) in [6.07, 6.45) is 0.700. The highest BCUT2D eigenvalue weighted by atomic mass is 16.3. The third kappa shape index (κ3) is 2.72. The van der Waals surface area contributed by atoms with Crippen molar-refractivity contribution < 1.29 is 9.90 Å². The van der Waals surface area contributed by atoms with Gasteiger partial charge in [0.25, 0.3) is 5.91 Å². The zero-order valence-corrected chi connectivity index (χ0v) is 9.97. The van der Waals surface area contributed by atoms with Gasteiger partial charge in [0.2, 0.25) is 5.82 Å². The number of nitrogens with zero attached hydrogens (tertiary/aromatic N) is 2. The van der Waals surface area contributed by atoms with Crippen LogP contribution in [0.4, 0.5) is 5.69 Å². The fourth-order valence-corrected chi connectivity index (χ4v) is 1.44. The van der Waals surface area contributed by atoms with Gasteiger partial charge < -0.3 is 10.4 Å². The maximum absolute atomic E-state index is 11.8. The predicted molar refractivity (Wildman–Crippen MR) is 66.1 cm³/mol. The third-order valence-corrected chi connectivity index (χ3v) is 2.46. The lowest BCUT2D eigenvalue weighted by atomic mass is 10.2. The van der Waals surface area contributed by atoms with Crippen molar-refractivity contribution in [2.45, 2.75) is 20.0 Å². The van der Waals surface area contributed by atoms with Crippen molar-refractivity contribution in [3.8, 4) is 0 Å². The lowest BCUT2D eigenvalue weighted by Gasteiger charge is -2.03. The van der Waals surface area contributed by atoms with E-state index in [2.05, 4.69) is 20.5 Å². The van der Waals surface area contributed by atoms with Crippen LogP contribution in [0, 0.1) is 0 Å². The van der Waals surface area contributed by atoms with Gasteiger partial charge in [-0.1, -0.05) is 19.1 Å². The number of nitrogens with one attached hydrogen (secondary N) is 2. The maximum atomic E-state index is 11.8. The van der Waals surface area contributed by atoms with Gasteiger partial charge in [-0.15, -0.1) is 5.10 Å². The molecular weight excluding hydrogens is 232 g/mol. The van der Waals surface area contributed by atoms with E-state index >= 15 is 0 Å². The van der Waals surface area contributed by atoms with Crippen LogP contribution in [0.3, 0.4) is 0 Å². The molecule has 2 rings (SSSR count).